The molecule has 0 amide bonds. The van der Waals surface area contributed by atoms with E-state index in [4.69, 9.17) is 25.0 Å². The summed E-state index contributed by atoms with van der Waals surface area (Å²) in [5, 5.41) is 7.31. The van der Waals surface area contributed by atoms with E-state index in [1.54, 1.807) is 21.3 Å². The van der Waals surface area contributed by atoms with Crippen LogP contribution < -0.4 is 25.4 Å². The van der Waals surface area contributed by atoms with Crippen molar-refractivity contribution in [3.8, 4) is 17.2 Å². The number of hydrogen-bond donors (Lipinski definition) is 2. The van der Waals surface area contributed by atoms with E-state index in [0.29, 0.717) is 29.5 Å². The Morgan fingerprint density at radius 2 is 1.73 bits per heavy atom. The number of nitrogens with two attached hydrogens (primary N) is 1. The van der Waals surface area contributed by atoms with Gasteiger partial charge >= 0.3 is 0 Å². The van der Waals surface area contributed by atoms with Crippen LogP contribution in [0.2, 0.25) is 0 Å². The van der Waals surface area contributed by atoms with Gasteiger partial charge in [0.15, 0.2) is 11.5 Å². The number of nitrogens with zero attached hydrogens (tertiary/aromatic N) is 2. The van der Waals surface area contributed by atoms with Gasteiger partial charge in [0.25, 0.3) is 0 Å². The summed E-state index contributed by atoms with van der Waals surface area (Å²) in [5.41, 5.74) is 2.44. The maximum Gasteiger partial charge on any atom is 0.203 e. The molecule has 136 valence electrons. The minimum atomic E-state index is -0.210. The van der Waals surface area contributed by atoms with Crippen LogP contribution in [0.4, 0.5) is 0 Å². The number of amidine groups is 1. The van der Waals surface area contributed by atoms with E-state index in [2.05, 4.69) is 10.4 Å². The average molecular weight is 354 g/mol. The van der Waals surface area contributed by atoms with Crippen LogP contribution in [-0.4, -0.2) is 45.5 Å². The summed E-state index contributed by atoms with van der Waals surface area (Å²) in [7, 11) is 4.71. The van der Waals surface area contributed by atoms with Crippen molar-refractivity contribution in [2.24, 2.45) is 15.9 Å². The van der Waals surface area contributed by atoms with Gasteiger partial charge in [0.1, 0.15) is 11.9 Å². The van der Waals surface area contributed by atoms with E-state index in [1.165, 1.54) is 0 Å². The number of hydrazone groups is 1. The van der Waals surface area contributed by atoms with Crippen LogP contribution in [0.25, 0.3) is 0 Å². The molecule has 0 fully saturated rings. The lowest BCUT2D eigenvalue weighted by Gasteiger charge is -2.16. The molecule has 2 aromatic rings. The topological polar surface area (TPSA) is 90.5 Å². The Morgan fingerprint density at radius 3 is 2.27 bits per heavy atom. The van der Waals surface area contributed by atoms with Gasteiger partial charge in [0.2, 0.25) is 5.75 Å². The molecule has 1 aliphatic heterocycles. The summed E-state index contributed by atoms with van der Waals surface area (Å²) >= 11 is 0. The monoisotopic (exact) mass is 354 g/mol. The number of methoxy groups -OCH3 is 3. The average Bonchev–Trinajstić information content (AvgIpc) is 3.18. The van der Waals surface area contributed by atoms with Crippen LogP contribution in [-0.2, 0) is 0 Å². The largest absolute Gasteiger partial charge is 0.493 e. The van der Waals surface area contributed by atoms with Crippen LogP contribution in [0.5, 0.6) is 17.2 Å². The highest BCUT2D eigenvalue weighted by Gasteiger charge is 2.26. The number of nitrogens with one attached hydrogen (secondary N) is 1. The van der Waals surface area contributed by atoms with Crippen molar-refractivity contribution in [2.45, 2.75) is 6.04 Å². The molecule has 1 atom stereocenters. The summed E-state index contributed by atoms with van der Waals surface area (Å²) in [6.07, 6.45) is 0. The molecule has 1 unspecified atom stereocenters. The van der Waals surface area contributed by atoms with Crippen molar-refractivity contribution >= 4 is 11.5 Å². The van der Waals surface area contributed by atoms with E-state index in [0.717, 1.165) is 17.0 Å². The SMILES string of the molecule is COc1cc(/C(=N/N)C2CNC(c3ccccc3)=N2)cc(OC)c1OC. The van der Waals surface area contributed by atoms with Crippen LogP contribution in [0.3, 0.4) is 0 Å². The van der Waals surface area contributed by atoms with Crippen LogP contribution in [0, 0.1) is 0 Å². The van der Waals surface area contributed by atoms with E-state index in [1.807, 2.05) is 42.5 Å². The lowest BCUT2D eigenvalue weighted by Crippen LogP contribution is -2.28. The molecule has 0 saturated carbocycles. The van der Waals surface area contributed by atoms with E-state index < -0.39 is 0 Å². The van der Waals surface area contributed by atoms with Gasteiger partial charge in [-0.15, -0.1) is 0 Å². The Morgan fingerprint density at radius 1 is 1.08 bits per heavy atom. The molecule has 0 spiro atoms. The molecule has 0 aromatic heterocycles. The third-order valence-electron chi connectivity index (χ3n) is 4.21. The zero-order valence-corrected chi connectivity index (χ0v) is 15.0. The third-order valence-corrected chi connectivity index (χ3v) is 4.21. The molecule has 7 heteroatoms. The molecule has 26 heavy (non-hydrogen) atoms. The summed E-state index contributed by atoms with van der Waals surface area (Å²) in [6, 6.07) is 13.4. The first-order valence-electron chi connectivity index (χ1n) is 8.17. The molecule has 3 N–H and O–H groups in total. The standard InChI is InChI=1S/C19H22N4O3/c1-24-15-9-13(10-16(25-2)18(15)26-3)17(23-20)14-11-21-19(22-14)12-7-5-4-6-8-12/h4-10,14H,11,20H2,1-3H3,(H,21,22)/b23-17-. The fourth-order valence-corrected chi connectivity index (χ4v) is 2.95. The highest BCUT2D eigenvalue weighted by atomic mass is 16.5. The van der Waals surface area contributed by atoms with Gasteiger partial charge < -0.3 is 25.4 Å². The van der Waals surface area contributed by atoms with Crippen molar-refractivity contribution in [1.82, 2.24) is 5.32 Å². The van der Waals surface area contributed by atoms with Crippen molar-refractivity contribution in [3.63, 3.8) is 0 Å². The molecule has 2 aromatic carbocycles. The smallest absolute Gasteiger partial charge is 0.203 e. The Bertz CT molecular complexity index is 809. The van der Waals surface area contributed by atoms with Crippen molar-refractivity contribution < 1.29 is 14.2 Å². The van der Waals surface area contributed by atoms with Gasteiger partial charge in [0.05, 0.1) is 27.0 Å². The second kappa shape index (κ2) is 7.77. The zero-order valence-electron chi connectivity index (χ0n) is 15.0. The van der Waals surface area contributed by atoms with Gasteiger partial charge in [-0.1, -0.05) is 30.3 Å². The lowest BCUT2D eigenvalue weighted by atomic mass is 10.0. The molecule has 7 nitrogen and oxygen atoms in total. The minimum absolute atomic E-state index is 0.210. The second-order valence-electron chi connectivity index (χ2n) is 5.67. The first-order chi connectivity index (χ1) is 12.7. The van der Waals surface area contributed by atoms with Crippen LogP contribution in [0.1, 0.15) is 11.1 Å². The number of hydrogen-bond acceptors (Lipinski definition) is 7. The maximum absolute atomic E-state index is 5.70. The fraction of sp³-hybridized carbons (Fsp3) is 0.263. The van der Waals surface area contributed by atoms with Gasteiger partial charge in [-0.2, -0.15) is 5.10 Å². The highest BCUT2D eigenvalue weighted by molar-refractivity contribution is 6.10. The predicted octanol–water partition coefficient (Wildman–Crippen LogP) is 1.79. The summed E-state index contributed by atoms with van der Waals surface area (Å²) in [6.45, 7) is 0.608. The molecule has 1 heterocycles. The summed E-state index contributed by atoms with van der Waals surface area (Å²) in [4.78, 5) is 4.74. The Hall–Kier alpha value is -3.22. The quantitative estimate of drug-likeness (QED) is 0.469. The van der Waals surface area contributed by atoms with Crippen LogP contribution >= 0.6 is 0 Å². The number of benzene rings is 2. The van der Waals surface area contributed by atoms with Crippen molar-refractivity contribution in [1.29, 1.82) is 0 Å². The molecular weight excluding hydrogens is 332 g/mol. The lowest BCUT2D eigenvalue weighted by molar-refractivity contribution is 0.324. The fourth-order valence-electron chi connectivity index (χ4n) is 2.95. The molecule has 0 radical (unpaired) electrons. The first kappa shape index (κ1) is 17.6. The number of aliphatic imine (C=N–C) groups is 1. The molecule has 3 rings (SSSR count). The highest BCUT2D eigenvalue weighted by Crippen LogP contribution is 2.38. The molecule has 0 bridgehead atoms. The number of rotatable bonds is 6. The van der Waals surface area contributed by atoms with Crippen LogP contribution in [0.15, 0.2) is 52.6 Å². The molecular formula is C19H22N4O3. The summed E-state index contributed by atoms with van der Waals surface area (Å²) in [5.74, 6) is 8.13. The van der Waals surface area contributed by atoms with Gasteiger partial charge in [-0.25, -0.2) is 0 Å². The van der Waals surface area contributed by atoms with E-state index >= 15 is 0 Å². The first-order valence-corrected chi connectivity index (χ1v) is 8.17. The predicted molar refractivity (Wildman–Crippen MR) is 102 cm³/mol. The molecule has 0 saturated heterocycles. The maximum atomic E-state index is 5.70. The van der Waals surface area contributed by atoms with Gasteiger partial charge in [-0.3, -0.25) is 4.99 Å². The molecule has 1 aliphatic rings. The second-order valence-corrected chi connectivity index (χ2v) is 5.67. The van der Waals surface area contributed by atoms with E-state index in [9.17, 15) is 0 Å². The van der Waals surface area contributed by atoms with Crippen molar-refractivity contribution in [3.05, 3.63) is 53.6 Å². The van der Waals surface area contributed by atoms with Gasteiger partial charge in [-0.05, 0) is 12.1 Å². The Balaban J connectivity index is 1.96. The minimum Gasteiger partial charge on any atom is -0.493 e. The van der Waals surface area contributed by atoms with Gasteiger partial charge in [0, 0.05) is 17.7 Å². The zero-order chi connectivity index (χ0) is 18.5. The van der Waals surface area contributed by atoms with E-state index in [-0.39, 0.29) is 6.04 Å². The Kier molecular flexibility index (Phi) is 5.26. The third kappa shape index (κ3) is 3.28. The summed E-state index contributed by atoms with van der Waals surface area (Å²) < 4.78 is 16.2. The number of ether oxygens (including phenoxy) is 3. The normalized spacial score (nSPS) is 16.7. The van der Waals surface area contributed by atoms with Crippen molar-refractivity contribution in [2.75, 3.05) is 27.9 Å². The molecule has 0 aliphatic carbocycles. The Labute approximate surface area is 152 Å².